The van der Waals surface area contributed by atoms with E-state index in [1.54, 1.807) is 11.3 Å². The molecule has 0 spiro atoms. The molecule has 24 heavy (non-hydrogen) atoms. The van der Waals surface area contributed by atoms with Crippen molar-refractivity contribution in [3.05, 3.63) is 34.2 Å². The van der Waals surface area contributed by atoms with Crippen LogP contribution in [0.2, 0.25) is 5.02 Å². The van der Waals surface area contributed by atoms with E-state index in [9.17, 15) is 4.79 Å². The molecule has 4 rings (SSSR count). The van der Waals surface area contributed by atoms with Crippen molar-refractivity contribution in [2.75, 3.05) is 32.8 Å². The van der Waals surface area contributed by atoms with Crippen LogP contribution in [0.3, 0.4) is 0 Å². The molecule has 4 nitrogen and oxygen atoms in total. The Kier molecular flexibility index (Phi) is 4.77. The Balaban J connectivity index is 1.37. The number of hydrogen-bond donors (Lipinski definition) is 0. The molecule has 2 aromatic rings. The number of carbonyl (C=O) groups is 1. The van der Waals surface area contributed by atoms with Gasteiger partial charge in [-0.25, -0.2) is 0 Å². The topological polar surface area (TPSA) is 32.8 Å². The SMILES string of the molecule is O=C([C@H]1CCCO1)N1CCN(Cc2sc3ccccc3c2Cl)CC1. The van der Waals surface area contributed by atoms with Gasteiger partial charge in [0.25, 0.3) is 5.91 Å². The molecule has 0 aliphatic carbocycles. The number of hydrogen-bond acceptors (Lipinski definition) is 4. The first-order chi connectivity index (χ1) is 11.7. The second kappa shape index (κ2) is 7.00. The van der Waals surface area contributed by atoms with Gasteiger partial charge in [0.15, 0.2) is 0 Å². The van der Waals surface area contributed by atoms with Crippen LogP contribution in [0.4, 0.5) is 0 Å². The quantitative estimate of drug-likeness (QED) is 0.837. The van der Waals surface area contributed by atoms with Gasteiger partial charge in [0.2, 0.25) is 0 Å². The third kappa shape index (κ3) is 3.18. The molecular formula is C18H21ClN2O2S. The van der Waals surface area contributed by atoms with E-state index in [0.717, 1.165) is 62.6 Å². The summed E-state index contributed by atoms with van der Waals surface area (Å²) in [7, 11) is 0. The second-order valence-electron chi connectivity index (χ2n) is 6.44. The predicted molar refractivity (Wildman–Crippen MR) is 97.7 cm³/mol. The van der Waals surface area contributed by atoms with Crippen LogP contribution in [-0.4, -0.2) is 54.6 Å². The highest BCUT2D eigenvalue weighted by atomic mass is 35.5. The minimum atomic E-state index is -0.200. The van der Waals surface area contributed by atoms with E-state index in [4.69, 9.17) is 16.3 Å². The fraction of sp³-hybridized carbons (Fsp3) is 0.500. The van der Waals surface area contributed by atoms with E-state index in [1.165, 1.54) is 9.58 Å². The monoisotopic (exact) mass is 364 g/mol. The van der Waals surface area contributed by atoms with E-state index in [-0.39, 0.29) is 12.0 Å². The first-order valence-electron chi connectivity index (χ1n) is 8.51. The van der Waals surface area contributed by atoms with Crippen LogP contribution in [0.15, 0.2) is 24.3 Å². The average Bonchev–Trinajstić information content (AvgIpc) is 3.25. The van der Waals surface area contributed by atoms with Gasteiger partial charge in [-0.05, 0) is 18.9 Å². The van der Waals surface area contributed by atoms with Gasteiger partial charge in [0.05, 0.1) is 5.02 Å². The minimum absolute atomic E-state index is 0.173. The van der Waals surface area contributed by atoms with Gasteiger partial charge in [-0.1, -0.05) is 29.8 Å². The molecule has 0 radical (unpaired) electrons. The molecule has 2 aliphatic rings. The molecule has 1 aromatic heterocycles. The van der Waals surface area contributed by atoms with Crippen LogP contribution in [0.25, 0.3) is 10.1 Å². The number of amides is 1. The molecule has 128 valence electrons. The van der Waals surface area contributed by atoms with Crippen molar-refractivity contribution in [3.63, 3.8) is 0 Å². The van der Waals surface area contributed by atoms with E-state index in [2.05, 4.69) is 23.1 Å². The molecule has 2 saturated heterocycles. The zero-order chi connectivity index (χ0) is 16.5. The highest BCUT2D eigenvalue weighted by Crippen LogP contribution is 2.36. The average molecular weight is 365 g/mol. The zero-order valence-corrected chi connectivity index (χ0v) is 15.1. The summed E-state index contributed by atoms with van der Waals surface area (Å²) in [6, 6.07) is 8.28. The number of benzene rings is 1. The highest BCUT2D eigenvalue weighted by Gasteiger charge is 2.30. The van der Waals surface area contributed by atoms with Crippen molar-refractivity contribution in [2.24, 2.45) is 0 Å². The molecular weight excluding hydrogens is 344 g/mol. The summed E-state index contributed by atoms with van der Waals surface area (Å²) in [6.07, 6.45) is 1.67. The number of halogens is 1. The molecule has 0 unspecified atom stereocenters. The Labute approximate surface area is 150 Å². The van der Waals surface area contributed by atoms with Crippen molar-refractivity contribution in [1.82, 2.24) is 9.80 Å². The predicted octanol–water partition coefficient (Wildman–Crippen LogP) is 3.38. The standard InChI is InChI=1S/C18H21ClN2O2S/c19-17-13-4-1-2-6-15(13)24-16(17)12-20-7-9-21(10-8-20)18(22)14-5-3-11-23-14/h1-2,4,6,14H,3,5,7-12H2/t14-/m1/s1. The number of carbonyl (C=O) groups excluding carboxylic acids is 1. The van der Waals surface area contributed by atoms with Gasteiger partial charge in [0, 0.05) is 54.3 Å². The Hall–Kier alpha value is -1.14. The van der Waals surface area contributed by atoms with E-state index in [1.807, 2.05) is 11.0 Å². The van der Waals surface area contributed by atoms with Crippen molar-refractivity contribution >= 4 is 38.9 Å². The van der Waals surface area contributed by atoms with E-state index < -0.39 is 0 Å². The summed E-state index contributed by atoms with van der Waals surface area (Å²) < 4.78 is 6.76. The van der Waals surface area contributed by atoms with Gasteiger partial charge in [0.1, 0.15) is 6.10 Å². The lowest BCUT2D eigenvalue weighted by Gasteiger charge is -2.35. The van der Waals surface area contributed by atoms with Crippen LogP contribution in [-0.2, 0) is 16.1 Å². The summed E-state index contributed by atoms with van der Waals surface area (Å²) in [6.45, 7) is 4.93. The zero-order valence-electron chi connectivity index (χ0n) is 13.5. The summed E-state index contributed by atoms with van der Waals surface area (Å²) in [5.74, 6) is 0.173. The molecule has 0 bridgehead atoms. The summed E-state index contributed by atoms with van der Waals surface area (Å²) in [4.78, 5) is 18.0. The lowest BCUT2D eigenvalue weighted by molar-refractivity contribution is -0.142. The molecule has 1 aromatic carbocycles. The molecule has 1 amide bonds. The Morgan fingerprint density at radius 1 is 1.25 bits per heavy atom. The van der Waals surface area contributed by atoms with Crippen LogP contribution in [0.5, 0.6) is 0 Å². The molecule has 3 heterocycles. The van der Waals surface area contributed by atoms with Crippen LogP contribution in [0.1, 0.15) is 17.7 Å². The van der Waals surface area contributed by atoms with Crippen molar-refractivity contribution in [2.45, 2.75) is 25.5 Å². The van der Waals surface area contributed by atoms with Crippen LogP contribution >= 0.6 is 22.9 Å². The Morgan fingerprint density at radius 2 is 2.04 bits per heavy atom. The smallest absolute Gasteiger partial charge is 0.251 e. The molecule has 2 aliphatic heterocycles. The largest absolute Gasteiger partial charge is 0.368 e. The molecule has 0 N–H and O–H groups in total. The maximum absolute atomic E-state index is 12.4. The number of rotatable bonds is 3. The summed E-state index contributed by atoms with van der Waals surface area (Å²) >= 11 is 8.32. The number of thiophene rings is 1. The third-order valence-electron chi connectivity index (χ3n) is 4.86. The number of ether oxygens (including phenoxy) is 1. The minimum Gasteiger partial charge on any atom is -0.368 e. The molecule has 0 saturated carbocycles. The van der Waals surface area contributed by atoms with Crippen molar-refractivity contribution < 1.29 is 9.53 Å². The van der Waals surface area contributed by atoms with E-state index >= 15 is 0 Å². The normalized spacial score (nSPS) is 22.4. The first kappa shape index (κ1) is 16.3. The number of nitrogens with zero attached hydrogens (tertiary/aromatic N) is 2. The highest BCUT2D eigenvalue weighted by molar-refractivity contribution is 7.19. The van der Waals surface area contributed by atoms with Gasteiger partial charge in [-0.2, -0.15) is 0 Å². The summed E-state index contributed by atoms with van der Waals surface area (Å²) in [5, 5.41) is 2.03. The molecule has 6 heteroatoms. The second-order valence-corrected chi connectivity index (χ2v) is 7.95. The Bertz CT molecular complexity index is 734. The molecule has 2 fully saturated rings. The van der Waals surface area contributed by atoms with Gasteiger partial charge in [-0.3, -0.25) is 9.69 Å². The van der Waals surface area contributed by atoms with Gasteiger partial charge in [-0.15, -0.1) is 11.3 Å². The van der Waals surface area contributed by atoms with Crippen molar-refractivity contribution in [1.29, 1.82) is 0 Å². The Morgan fingerprint density at radius 3 is 2.75 bits per heavy atom. The fourth-order valence-corrected chi connectivity index (χ4v) is 5.01. The maximum Gasteiger partial charge on any atom is 0.251 e. The van der Waals surface area contributed by atoms with Crippen LogP contribution < -0.4 is 0 Å². The number of piperazine rings is 1. The lowest BCUT2D eigenvalue weighted by Crippen LogP contribution is -2.51. The van der Waals surface area contributed by atoms with Gasteiger partial charge >= 0.3 is 0 Å². The maximum atomic E-state index is 12.4. The number of fused-ring (bicyclic) bond motifs is 1. The summed E-state index contributed by atoms with van der Waals surface area (Å²) in [5.41, 5.74) is 0. The first-order valence-corrected chi connectivity index (χ1v) is 9.70. The third-order valence-corrected chi connectivity index (χ3v) is 6.56. The fourth-order valence-electron chi connectivity index (χ4n) is 3.47. The van der Waals surface area contributed by atoms with Gasteiger partial charge < -0.3 is 9.64 Å². The molecule has 1 atom stereocenters. The lowest BCUT2D eigenvalue weighted by atomic mass is 10.2. The van der Waals surface area contributed by atoms with Crippen LogP contribution in [0, 0.1) is 0 Å². The van der Waals surface area contributed by atoms with E-state index in [0.29, 0.717) is 0 Å². The van der Waals surface area contributed by atoms with Crippen molar-refractivity contribution in [3.8, 4) is 0 Å².